The molecule has 0 radical (unpaired) electrons. The summed E-state index contributed by atoms with van der Waals surface area (Å²) in [5.74, 6) is -3.23. The second-order valence-electron chi connectivity index (χ2n) is 12.7. The van der Waals surface area contributed by atoms with E-state index in [2.05, 4.69) is 10.3 Å². The van der Waals surface area contributed by atoms with Crippen LogP contribution in [0.15, 0.2) is 46.6 Å². The third-order valence-electron chi connectivity index (χ3n) is 8.66. The summed E-state index contributed by atoms with van der Waals surface area (Å²) in [5, 5.41) is 11.9. The first-order chi connectivity index (χ1) is 22.7. The molecule has 2 N–H and O–H groups in total. The first-order valence-corrected chi connectivity index (χ1v) is 18.3. The van der Waals surface area contributed by atoms with Gasteiger partial charge in [0.25, 0.3) is 5.91 Å². The molecule has 2 bridgehead atoms. The van der Waals surface area contributed by atoms with Crippen molar-refractivity contribution in [1.29, 1.82) is 0 Å². The Kier molecular flexibility index (Phi) is 14.3. The summed E-state index contributed by atoms with van der Waals surface area (Å²) in [6.07, 6.45) is 6.68. The molecule has 0 aliphatic carbocycles. The normalized spacial score (nSPS) is 28.1. The number of ether oxygens (including phenoxy) is 1. The molecule has 2 aliphatic rings. The van der Waals surface area contributed by atoms with Crippen molar-refractivity contribution >= 4 is 33.4 Å². The minimum absolute atomic E-state index is 0.0243. The number of allylic oxidation sites excluding steroid dienone is 2. The van der Waals surface area contributed by atoms with E-state index in [1.807, 2.05) is 32.6 Å². The molecule has 266 valence electrons. The Labute approximate surface area is 283 Å². The van der Waals surface area contributed by atoms with Crippen LogP contribution in [0.25, 0.3) is 0 Å². The van der Waals surface area contributed by atoms with E-state index in [0.29, 0.717) is 18.7 Å². The molecule has 14 heteroatoms. The summed E-state index contributed by atoms with van der Waals surface area (Å²) >= 11 is 0. The van der Waals surface area contributed by atoms with Crippen LogP contribution in [0.5, 0.6) is 0 Å². The maximum atomic E-state index is 14.0. The van der Waals surface area contributed by atoms with Crippen molar-refractivity contribution in [2.75, 3.05) is 38.5 Å². The van der Waals surface area contributed by atoms with E-state index in [1.165, 1.54) is 12.2 Å². The summed E-state index contributed by atoms with van der Waals surface area (Å²) in [4.78, 5) is 60.3. The minimum Gasteiger partial charge on any atom is -0.460 e. The van der Waals surface area contributed by atoms with Crippen LogP contribution >= 0.6 is 0 Å². The first-order valence-electron chi connectivity index (χ1n) is 16.6. The number of aromatic nitrogens is 1. The van der Waals surface area contributed by atoms with Gasteiger partial charge in [0.1, 0.15) is 24.2 Å². The van der Waals surface area contributed by atoms with E-state index in [4.69, 9.17) is 9.15 Å². The molecule has 3 rings (SSSR count). The molecule has 0 unspecified atom stereocenters. The zero-order chi connectivity index (χ0) is 35.6. The van der Waals surface area contributed by atoms with Crippen LogP contribution in [0.2, 0.25) is 0 Å². The van der Waals surface area contributed by atoms with Crippen LogP contribution in [-0.4, -0.2) is 114 Å². The number of carbonyl (C=O) groups excluding carboxylic acids is 4. The van der Waals surface area contributed by atoms with Crippen molar-refractivity contribution in [2.45, 2.75) is 84.3 Å². The standard InChI is InChI=1S/C34H50N4O9S/c1-7-37(8-2)16-17-48(44,45)28-13-15-38-31(28)34(43)47-32(22(3)4)24(6)11-12-29(41)35-14-9-10-23(5)18-25(39)19-26(40)20-30-36-27(21-46-30)33(38)42/h9-12,18,21-22,24-25,28,31-32,39H,7-8,13-17,19-20H2,1-6H3,(H,35,41)/b10-9-,12-11-,23-18-/t24-,25-,28-,31-,32+/m1/s1. The predicted octanol–water partition coefficient (Wildman–Crippen LogP) is 2.27. The number of Topliss-reactive ketones (excluding diaryl/α,β-unsaturated/α-hetero) is 1. The molecule has 2 aliphatic heterocycles. The largest absolute Gasteiger partial charge is 0.460 e. The lowest BCUT2D eigenvalue weighted by Gasteiger charge is -2.31. The highest BCUT2D eigenvalue weighted by Crippen LogP contribution is 2.30. The molecular weight excluding hydrogens is 640 g/mol. The van der Waals surface area contributed by atoms with Crippen molar-refractivity contribution in [1.82, 2.24) is 20.1 Å². The molecule has 3 heterocycles. The maximum absolute atomic E-state index is 14.0. The van der Waals surface area contributed by atoms with Crippen molar-refractivity contribution < 1.29 is 41.9 Å². The number of aliphatic hydroxyl groups is 1. The van der Waals surface area contributed by atoms with E-state index in [-0.39, 0.29) is 73.8 Å². The van der Waals surface area contributed by atoms with Gasteiger partial charge in [-0.1, -0.05) is 64.5 Å². The molecule has 2 amide bonds. The fourth-order valence-electron chi connectivity index (χ4n) is 5.99. The third-order valence-corrected chi connectivity index (χ3v) is 10.8. The van der Waals surface area contributed by atoms with Crippen molar-refractivity contribution in [3.63, 3.8) is 0 Å². The van der Waals surface area contributed by atoms with E-state index >= 15 is 0 Å². The number of aliphatic hydroxyl groups excluding tert-OH is 1. The minimum atomic E-state index is -3.87. The molecule has 13 nitrogen and oxygen atoms in total. The Hall–Kier alpha value is -3.62. The predicted molar refractivity (Wildman–Crippen MR) is 180 cm³/mol. The third kappa shape index (κ3) is 10.7. The van der Waals surface area contributed by atoms with Crippen molar-refractivity contribution in [3.05, 3.63) is 53.8 Å². The second-order valence-corrected chi connectivity index (χ2v) is 15.0. The molecule has 1 aromatic heterocycles. The van der Waals surface area contributed by atoms with Gasteiger partial charge in [-0.15, -0.1) is 0 Å². The van der Waals surface area contributed by atoms with Crippen molar-refractivity contribution in [3.8, 4) is 0 Å². The van der Waals surface area contributed by atoms with Gasteiger partial charge >= 0.3 is 5.97 Å². The van der Waals surface area contributed by atoms with Gasteiger partial charge in [0.05, 0.1) is 23.5 Å². The maximum Gasteiger partial charge on any atom is 0.330 e. The van der Waals surface area contributed by atoms with E-state index < -0.39 is 51.1 Å². The van der Waals surface area contributed by atoms with Gasteiger partial charge in [0.15, 0.2) is 15.5 Å². The molecule has 1 saturated heterocycles. The zero-order valence-corrected chi connectivity index (χ0v) is 29.6. The molecule has 48 heavy (non-hydrogen) atoms. The van der Waals surface area contributed by atoms with Gasteiger partial charge in [-0.2, -0.15) is 0 Å². The number of fused-ring (bicyclic) bond motifs is 3. The number of carbonyl (C=O) groups is 4. The highest BCUT2D eigenvalue weighted by atomic mass is 32.2. The van der Waals surface area contributed by atoms with Gasteiger partial charge < -0.3 is 29.4 Å². The van der Waals surface area contributed by atoms with Gasteiger partial charge in [-0.05, 0) is 38.4 Å². The monoisotopic (exact) mass is 690 g/mol. The fourth-order valence-corrected chi connectivity index (χ4v) is 7.92. The van der Waals surface area contributed by atoms with Crippen LogP contribution in [0.1, 0.15) is 70.8 Å². The van der Waals surface area contributed by atoms with E-state index in [1.54, 1.807) is 32.1 Å². The number of cyclic esters (lactones) is 1. The Morgan fingerprint density at radius 1 is 1.15 bits per heavy atom. The fraction of sp³-hybridized carbons (Fsp3) is 0.618. The molecule has 1 aromatic rings. The lowest BCUT2D eigenvalue weighted by molar-refractivity contribution is -0.157. The molecule has 1 fully saturated rings. The lowest BCUT2D eigenvalue weighted by Crippen LogP contribution is -2.50. The number of ketones is 1. The number of rotatable bonds is 7. The summed E-state index contributed by atoms with van der Waals surface area (Å²) < 4.78 is 38.9. The van der Waals surface area contributed by atoms with Gasteiger partial charge in [0.2, 0.25) is 11.8 Å². The Balaban J connectivity index is 2.00. The van der Waals surface area contributed by atoms with Gasteiger partial charge in [0, 0.05) is 32.0 Å². The molecule has 5 atom stereocenters. The van der Waals surface area contributed by atoms with Crippen molar-refractivity contribution in [2.24, 2.45) is 11.8 Å². The second kappa shape index (κ2) is 17.7. The molecule has 0 saturated carbocycles. The van der Waals surface area contributed by atoms with Crippen LogP contribution in [0, 0.1) is 11.8 Å². The smallest absolute Gasteiger partial charge is 0.330 e. The van der Waals surface area contributed by atoms with Crippen LogP contribution in [0.4, 0.5) is 0 Å². The highest BCUT2D eigenvalue weighted by Gasteiger charge is 2.50. The Morgan fingerprint density at radius 3 is 2.52 bits per heavy atom. The summed E-state index contributed by atoms with van der Waals surface area (Å²) in [7, 11) is -3.87. The Bertz CT molecular complexity index is 1490. The van der Waals surface area contributed by atoms with Crippen LogP contribution in [0.3, 0.4) is 0 Å². The first kappa shape index (κ1) is 38.8. The summed E-state index contributed by atoms with van der Waals surface area (Å²) in [6, 6.07) is -1.44. The summed E-state index contributed by atoms with van der Waals surface area (Å²) in [5.41, 5.74) is 0.505. The molecular formula is C34H50N4O9S. The number of amides is 2. The molecule has 0 spiro atoms. The topological polar surface area (TPSA) is 176 Å². The highest BCUT2D eigenvalue weighted by molar-refractivity contribution is 7.92. The summed E-state index contributed by atoms with van der Waals surface area (Å²) in [6.45, 7) is 12.9. The number of nitrogens with one attached hydrogen (secondary N) is 1. The number of sulfone groups is 1. The van der Waals surface area contributed by atoms with Gasteiger partial charge in [-0.3, -0.25) is 14.4 Å². The van der Waals surface area contributed by atoms with E-state index in [9.17, 15) is 32.7 Å². The Morgan fingerprint density at radius 2 is 1.85 bits per heavy atom. The number of hydrogen-bond acceptors (Lipinski definition) is 11. The number of esters is 1. The lowest BCUT2D eigenvalue weighted by atomic mass is 9.94. The zero-order valence-electron chi connectivity index (χ0n) is 28.8. The SMILES string of the molecule is CCN(CC)CCS(=O)(=O)[C@@H]1CCN2C(=O)c3coc(n3)CC(=O)C[C@H](O)/C=C(C)\C=C/CNC(=O)/C=C\[C@@H](C)[C@H](C(C)C)OC(=O)[C@@H]12. The average molecular weight is 691 g/mol. The average Bonchev–Trinajstić information content (AvgIpc) is 3.68. The quantitative estimate of drug-likeness (QED) is 0.402. The van der Waals surface area contributed by atoms with E-state index in [0.717, 1.165) is 11.2 Å². The van der Waals surface area contributed by atoms with Crippen LogP contribution in [-0.2, 0) is 35.4 Å². The number of hydrogen-bond donors (Lipinski definition) is 2. The number of oxazole rings is 1. The van der Waals surface area contributed by atoms with Gasteiger partial charge in [-0.25, -0.2) is 18.2 Å². The molecule has 0 aromatic carbocycles. The van der Waals surface area contributed by atoms with Crippen LogP contribution < -0.4 is 5.32 Å². The number of nitrogens with zero attached hydrogens (tertiary/aromatic N) is 3.